The summed E-state index contributed by atoms with van der Waals surface area (Å²) in [5.74, 6) is -0.989. The lowest BCUT2D eigenvalue weighted by atomic mass is 9.99. The molecule has 0 aliphatic carbocycles. The molecule has 8 nitrogen and oxygen atoms in total. The molecule has 1 aliphatic rings. The molecule has 1 N–H and O–H groups in total. The van der Waals surface area contributed by atoms with Gasteiger partial charge in [-0.2, -0.15) is 0 Å². The van der Waals surface area contributed by atoms with Gasteiger partial charge in [0.2, 0.25) is 6.29 Å². The Bertz CT molecular complexity index is 457. The lowest BCUT2D eigenvalue weighted by Crippen LogP contribution is -2.57. The second-order valence-corrected chi connectivity index (χ2v) is 6.44. The fraction of sp³-hybridized carbons (Fsp3) is 0.800. The molecule has 8 heteroatoms. The van der Waals surface area contributed by atoms with Gasteiger partial charge >= 0.3 is 18.0 Å². The number of hydrogen-bond donors (Lipinski definition) is 1. The summed E-state index contributed by atoms with van der Waals surface area (Å²) < 4.78 is 21.0. The molecule has 4 atom stereocenters. The van der Waals surface area contributed by atoms with Crippen LogP contribution in [0.3, 0.4) is 0 Å². The number of hydrogen-bond acceptors (Lipinski definition) is 7. The monoisotopic (exact) mass is 331 g/mol. The summed E-state index contributed by atoms with van der Waals surface area (Å²) in [7, 11) is 0. The summed E-state index contributed by atoms with van der Waals surface area (Å²) in [5.41, 5.74) is -0.660. The number of rotatable bonds is 3. The van der Waals surface area contributed by atoms with Crippen molar-refractivity contribution in [3.8, 4) is 0 Å². The van der Waals surface area contributed by atoms with E-state index < -0.39 is 48.2 Å². The minimum Gasteiger partial charge on any atom is -0.458 e. The van der Waals surface area contributed by atoms with E-state index in [-0.39, 0.29) is 6.42 Å². The normalized spacial score (nSPS) is 27.7. The van der Waals surface area contributed by atoms with Gasteiger partial charge < -0.3 is 24.3 Å². The fourth-order valence-electron chi connectivity index (χ4n) is 2.27. The van der Waals surface area contributed by atoms with E-state index in [0.29, 0.717) is 0 Å². The first-order valence-electron chi connectivity index (χ1n) is 7.47. The quantitative estimate of drug-likeness (QED) is 0.618. The van der Waals surface area contributed by atoms with Crippen molar-refractivity contribution in [2.75, 3.05) is 0 Å². The smallest absolute Gasteiger partial charge is 0.408 e. The zero-order valence-electron chi connectivity index (χ0n) is 14.4. The van der Waals surface area contributed by atoms with Gasteiger partial charge in [-0.15, -0.1) is 0 Å². The van der Waals surface area contributed by atoms with Gasteiger partial charge in [0.05, 0.1) is 12.1 Å². The fourth-order valence-corrected chi connectivity index (χ4v) is 2.27. The van der Waals surface area contributed by atoms with Crippen LogP contribution in [0.15, 0.2) is 0 Å². The second kappa shape index (κ2) is 7.63. The Hall–Kier alpha value is -1.83. The molecular weight excluding hydrogens is 306 g/mol. The lowest BCUT2D eigenvalue weighted by molar-refractivity contribution is -0.228. The lowest BCUT2D eigenvalue weighted by Gasteiger charge is -2.39. The van der Waals surface area contributed by atoms with E-state index in [9.17, 15) is 14.4 Å². The molecule has 0 saturated carbocycles. The topological polar surface area (TPSA) is 100 Å². The predicted octanol–water partition coefficient (Wildman–Crippen LogP) is 1.51. The Morgan fingerprint density at radius 2 is 1.65 bits per heavy atom. The number of nitrogens with one attached hydrogen (secondary N) is 1. The Labute approximate surface area is 135 Å². The average molecular weight is 331 g/mol. The summed E-state index contributed by atoms with van der Waals surface area (Å²) in [5, 5.41) is 2.65. The van der Waals surface area contributed by atoms with Crippen LogP contribution in [0.1, 0.15) is 48.0 Å². The van der Waals surface area contributed by atoms with Crippen LogP contribution in [-0.2, 0) is 28.5 Å². The van der Waals surface area contributed by atoms with Crippen molar-refractivity contribution in [1.29, 1.82) is 0 Å². The van der Waals surface area contributed by atoms with Crippen LogP contribution in [0.2, 0.25) is 0 Å². The van der Waals surface area contributed by atoms with Crippen molar-refractivity contribution in [2.45, 2.75) is 78.1 Å². The van der Waals surface area contributed by atoms with Crippen molar-refractivity contribution >= 4 is 18.0 Å². The maximum atomic E-state index is 12.0. The Morgan fingerprint density at radius 1 is 1.09 bits per heavy atom. The number of ether oxygens (including phenoxy) is 4. The first-order valence-corrected chi connectivity index (χ1v) is 7.47. The molecule has 0 aromatic heterocycles. The van der Waals surface area contributed by atoms with Gasteiger partial charge in [0.25, 0.3) is 0 Å². The van der Waals surface area contributed by atoms with Gasteiger partial charge in [-0.25, -0.2) is 4.79 Å². The van der Waals surface area contributed by atoms with Crippen molar-refractivity contribution in [1.82, 2.24) is 5.32 Å². The molecule has 1 fully saturated rings. The minimum atomic E-state index is -0.825. The molecule has 1 heterocycles. The minimum absolute atomic E-state index is 0.154. The summed E-state index contributed by atoms with van der Waals surface area (Å²) >= 11 is 0. The molecule has 0 radical (unpaired) electrons. The highest BCUT2D eigenvalue weighted by molar-refractivity contribution is 5.69. The van der Waals surface area contributed by atoms with E-state index in [4.69, 9.17) is 18.9 Å². The van der Waals surface area contributed by atoms with E-state index >= 15 is 0 Å². The summed E-state index contributed by atoms with van der Waals surface area (Å²) in [6.45, 7) is 9.43. The van der Waals surface area contributed by atoms with Crippen LogP contribution in [0.4, 0.5) is 4.79 Å². The molecular formula is C15H25NO7. The van der Waals surface area contributed by atoms with Crippen molar-refractivity contribution in [3.05, 3.63) is 0 Å². The van der Waals surface area contributed by atoms with Crippen LogP contribution >= 0.6 is 0 Å². The van der Waals surface area contributed by atoms with E-state index in [2.05, 4.69) is 5.32 Å². The molecule has 132 valence electrons. The molecule has 0 aromatic carbocycles. The molecule has 1 rings (SSSR count). The molecule has 1 amide bonds. The third kappa shape index (κ3) is 6.85. The molecule has 23 heavy (non-hydrogen) atoms. The highest BCUT2D eigenvalue weighted by Gasteiger charge is 2.41. The molecule has 1 saturated heterocycles. The maximum Gasteiger partial charge on any atom is 0.408 e. The van der Waals surface area contributed by atoms with E-state index in [1.807, 2.05) is 0 Å². The zero-order valence-corrected chi connectivity index (χ0v) is 14.4. The maximum absolute atomic E-state index is 12.0. The molecule has 0 aromatic rings. The molecule has 0 bridgehead atoms. The van der Waals surface area contributed by atoms with Gasteiger partial charge in [-0.1, -0.05) is 0 Å². The first-order chi connectivity index (χ1) is 10.5. The number of amides is 1. The van der Waals surface area contributed by atoms with Crippen molar-refractivity contribution in [3.63, 3.8) is 0 Å². The van der Waals surface area contributed by atoms with Crippen LogP contribution in [0.25, 0.3) is 0 Å². The number of esters is 2. The van der Waals surface area contributed by atoms with Crippen molar-refractivity contribution < 1.29 is 33.3 Å². The third-order valence-corrected chi connectivity index (χ3v) is 2.97. The summed E-state index contributed by atoms with van der Waals surface area (Å²) in [4.78, 5) is 34.3. The highest BCUT2D eigenvalue weighted by atomic mass is 16.7. The molecule has 1 aliphatic heterocycles. The SMILES string of the molecule is CC(=O)O[C@H]1C[C@@H](NC(=O)OC(C)(C)C)[C@@H](OC(C)=O)C(C)O1. The number of carbonyl (C=O) groups is 3. The zero-order chi connectivity index (χ0) is 17.8. The van der Waals surface area contributed by atoms with Crippen LogP contribution < -0.4 is 5.32 Å². The van der Waals surface area contributed by atoms with Gasteiger partial charge in [0, 0.05) is 20.3 Å². The highest BCUT2D eigenvalue weighted by Crippen LogP contribution is 2.24. The van der Waals surface area contributed by atoms with Gasteiger partial charge in [0.15, 0.2) is 0 Å². The Morgan fingerprint density at radius 3 is 2.13 bits per heavy atom. The number of alkyl carbamates (subject to hydrolysis) is 1. The summed E-state index contributed by atoms with van der Waals surface area (Å²) in [6.07, 6.45) is -2.57. The summed E-state index contributed by atoms with van der Waals surface area (Å²) in [6, 6.07) is -0.596. The van der Waals surface area contributed by atoms with E-state index in [0.717, 1.165) is 0 Å². The molecule has 0 spiro atoms. The van der Waals surface area contributed by atoms with Crippen LogP contribution in [0, 0.1) is 0 Å². The van der Waals surface area contributed by atoms with Gasteiger partial charge in [-0.05, 0) is 27.7 Å². The largest absolute Gasteiger partial charge is 0.458 e. The van der Waals surface area contributed by atoms with Gasteiger partial charge in [0.1, 0.15) is 11.7 Å². The van der Waals surface area contributed by atoms with Crippen molar-refractivity contribution in [2.24, 2.45) is 0 Å². The standard InChI is InChI=1S/C15H25NO7/c1-8-13(22-10(3)18)11(7-12(20-8)21-9(2)17)16-14(19)23-15(4,5)6/h8,11-13H,7H2,1-6H3,(H,16,19)/t8?,11-,12+,13+/m1/s1. The Kier molecular flexibility index (Phi) is 6.37. The third-order valence-electron chi connectivity index (χ3n) is 2.97. The van der Waals surface area contributed by atoms with Gasteiger partial charge in [-0.3, -0.25) is 9.59 Å². The number of carbonyl (C=O) groups excluding carboxylic acids is 3. The average Bonchev–Trinajstić information content (AvgIpc) is 2.29. The van der Waals surface area contributed by atoms with Crippen LogP contribution in [0.5, 0.6) is 0 Å². The predicted molar refractivity (Wildman–Crippen MR) is 79.4 cm³/mol. The van der Waals surface area contributed by atoms with Crippen LogP contribution in [-0.4, -0.2) is 48.2 Å². The van der Waals surface area contributed by atoms with E-state index in [1.54, 1.807) is 27.7 Å². The van der Waals surface area contributed by atoms with E-state index in [1.165, 1.54) is 13.8 Å². The second-order valence-electron chi connectivity index (χ2n) is 6.44. The molecule has 1 unspecified atom stereocenters. The Balaban J connectivity index is 2.82. The first kappa shape index (κ1) is 19.2.